The summed E-state index contributed by atoms with van der Waals surface area (Å²) in [5, 5.41) is 3.50. The second-order valence-corrected chi connectivity index (χ2v) is 6.71. The molecule has 21 heavy (non-hydrogen) atoms. The molecule has 3 rings (SSSR count). The Hall–Kier alpha value is -0.840. The van der Waals surface area contributed by atoms with E-state index in [1.165, 1.54) is 31.2 Å². The van der Waals surface area contributed by atoms with E-state index in [9.17, 15) is 0 Å². The molecule has 1 aromatic heterocycles. The van der Waals surface area contributed by atoms with Gasteiger partial charge in [0.15, 0.2) is 0 Å². The summed E-state index contributed by atoms with van der Waals surface area (Å²) < 4.78 is 11.5. The highest BCUT2D eigenvalue weighted by Crippen LogP contribution is 2.28. The van der Waals surface area contributed by atoms with Crippen LogP contribution in [0.2, 0.25) is 0 Å². The Bertz CT molecular complexity index is 450. The van der Waals surface area contributed by atoms with E-state index >= 15 is 0 Å². The highest BCUT2D eigenvalue weighted by atomic mass is 16.5. The number of nitrogens with one attached hydrogen (secondary N) is 1. The van der Waals surface area contributed by atoms with E-state index in [0.29, 0.717) is 0 Å². The first-order chi connectivity index (χ1) is 10.2. The summed E-state index contributed by atoms with van der Waals surface area (Å²) in [5.74, 6) is 2.97. The van der Waals surface area contributed by atoms with Crippen LogP contribution in [0.4, 0.5) is 0 Å². The van der Waals surface area contributed by atoms with Gasteiger partial charge in [-0.15, -0.1) is 0 Å². The number of hydrogen-bond acceptors (Lipinski definition) is 4. The predicted molar refractivity (Wildman–Crippen MR) is 83.2 cm³/mol. The maximum atomic E-state index is 5.84. The summed E-state index contributed by atoms with van der Waals surface area (Å²) in [4.78, 5) is 2.31. The molecule has 0 unspecified atom stereocenters. The van der Waals surface area contributed by atoms with Crippen molar-refractivity contribution in [2.45, 2.75) is 51.7 Å². The van der Waals surface area contributed by atoms with Crippen LogP contribution in [0.15, 0.2) is 10.5 Å². The topological polar surface area (TPSA) is 37.6 Å². The lowest BCUT2D eigenvalue weighted by Crippen LogP contribution is -2.23. The van der Waals surface area contributed by atoms with Crippen molar-refractivity contribution in [2.24, 2.45) is 5.92 Å². The van der Waals surface area contributed by atoms with Gasteiger partial charge < -0.3 is 14.5 Å². The van der Waals surface area contributed by atoms with Crippen LogP contribution in [0.3, 0.4) is 0 Å². The van der Waals surface area contributed by atoms with Crippen LogP contribution in [0.1, 0.15) is 42.8 Å². The van der Waals surface area contributed by atoms with Gasteiger partial charge in [-0.05, 0) is 51.6 Å². The lowest BCUT2D eigenvalue weighted by atomic mass is 10.2. The van der Waals surface area contributed by atoms with Crippen LogP contribution < -0.4 is 5.32 Å². The van der Waals surface area contributed by atoms with E-state index in [-0.39, 0.29) is 0 Å². The van der Waals surface area contributed by atoms with E-state index in [1.54, 1.807) is 0 Å². The van der Waals surface area contributed by atoms with Crippen molar-refractivity contribution in [3.8, 4) is 0 Å². The minimum absolute atomic E-state index is 0.727. The number of nitrogens with zero attached hydrogens (tertiary/aromatic N) is 1. The summed E-state index contributed by atoms with van der Waals surface area (Å²) in [6.07, 6.45) is 5.36. The predicted octanol–water partition coefficient (Wildman–Crippen LogP) is 2.70. The first kappa shape index (κ1) is 15.1. The molecule has 1 N–H and O–H groups in total. The fourth-order valence-electron chi connectivity index (χ4n) is 2.49. The lowest BCUT2D eigenvalue weighted by molar-refractivity contribution is 0.102. The number of furan rings is 1. The first-order valence-electron chi connectivity index (χ1n) is 8.28. The van der Waals surface area contributed by atoms with Crippen LogP contribution in [-0.4, -0.2) is 37.7 Å². The Balaban J connectivity index is 1.37. The van der Waals surface area contributed by atoms with Gasteiger partial charge in [-0.1, -0.05) is 0 Å². The zero-order valence-electron chi connectivity index (χ0n) is 13.4. The molecule has 0 amide bonds. The summed E-state index contributed by atoms with van der Waals surface area (Å²) in [6, 6.07) is 2.93. The minimum atomic E-state index is 0.727. The number of likely N-dealkylation sites (N-methyl/N-ethyl adjacent to an activating group) is 1. The van der Waals surface area contributed by atoms with Crippen LogP contribution in [-0.2, 0) is 17.8 Å². The van der Waals surface area contributed by atoms with Gasteiger partial charge in [0.1, 0.15) is 11.5 Å². The Morgan fingerprint density at radius 3 is 2.86 bits per heavy atom. The quantitative estimate of drug-likeness (QED) is 0.673. The summed E-state index contributed by atoms with van der Waals surface area (Å²) in [6.45, 7) is 6.63. The number of rotatable bonds is 10. The molecule has 2 aliphatic carbocycles. The van der Waals surface area contributed by atoms with Gasteiger partial charge >= 0.3 is 0 Å². The largest absolute Gasteiger partial charge is 0.465 e. The third-order valence-corrected chi connectivity index (χ3v) is 4.32. The highest BCUT2D eigenvalue weighted by molar-refractivity contribution is 5.20. The van der Waals surface area contributed by atoms with Crippen molar-refractivity contribution in [2.75, 3.05) is 26.8 Å². The third kappa shape index (κ3) is 5.13. The molecule has 0 aromatic carbocycles. The van der Waals surface area contributed by atoms with Gasteiger partial charge in [-0.25, -0.2) is 0 Å². The van der Waals surface area contributed by atoms with Crippen LogP contribution in [0, 0.1) is 12.8 Å². The van der Waals surface area contributed by atoms with Crippen molar-refractivity contribution in [3.05, 3.63) is 23.2 Å². The van der Waals surface area contributed by atoms with E-state index in [0.717, 1.165) is 56.3 Å². The van der Waals surface area contributed by atoms with Crippen molar-refractivity contribution >= 4 is 0 Å². The van der Waals surface area contributed by atoms with Gasteiger partial charge in [0.2, 0.25) is 0 Å². The average molecular weight is 292 g/mol. The van der Waals surface area contributed by atoms with Crippen molar-refractivity contribution in [1.29, 1.82) is 0 Å². The second-order valence-electron chi connectivity index (χ2n) is 6.71. The standard InChI is InChI=1S/C17H28N2O2/c1-13-15(9-17(21-13)10-18-16-5-6-16)11-19(2)7-8-20-12-14-3-4-14/h9,14,16,18H,3-8,10-12H2,1-2H3. The molecule has 0 saturated heterocycles. The molecule has 0 bridgehead atoms. The first-order valence-corrected chi connectivity index (χ1v) is 8.28. The van der Waals surface area contributed by atoms with Crippen molar-refractivity contribution in [1.82, 2.24) is 10.2 Å². The molecule has 2 fully saturated rings. The van der Waals surface area contributed by atoms with Gasteiger partial charge in [0.25, 0.3) is 0 Å². The maximum absolute atomic E-state index is 5.84. The molecular formula is C17H28N2O2. The average Bonchev–Trinajstić information content (AvgIpc) is 3.35. The molecule has 0 radical (unpaired) electrons. The van der Waals surface area contributed by atoms with Gasteiger partial charge in [0, 0.05) is 31.3 Å². The summed E-state index contributed by atoms with van der Waals surface area (Å²) in [5.41, 5.74) is 1.30. The van der Waals surface area contributed by atoms with E-state index in [2.05, 4.69) is 30.3 Å². The zero-order valence-corrected chi connectivity index (χ0v) is 13.4. The Morgan fingerprint density at radius 1 is 1.33 bits per heavy atom. The smallest absolute Gasteiger partial charge is 0.118 e. The Labute approximate surface area is 127 Å². The molecule has 2 aliphatic rings. The van der Waals surface area contributed by atoms with Crippen LogP contribution in [0.5, 0.6) is 0 Å². The molecule has 4 nitrogen and oxygen atoms in total. The molecule has 0 atom stereocenters. The molecule has 118 valence electrons. The van der Waals surface area contributed by atoms with Crippen molar-refractivity contribution < 1.29 is 9.15 Å². The molecule has 0 spiro atoms. The minimum Gasteiger partial charge on any atom is -0.465 e. The van der Waals surface area contributed by atoms with E-state index in [1.807, 2.05) is 0 Å². The van der Waals surface area contributed by atoms with Gasteiger partial charge in [-0.2, -0.15) is 0 Å². The third-order valence-electron chi connectivity index (χ3n) is 4.32. The van der Waals surface area contributed by atoms with Crippen LogP contribution in [0.25, 0.3) is 0 Å². The Kier molecular flexibility index (Phi) is 4.99. The molecule has 1 heterocycles. The SMILES string of the molecule is Cc1oc(CNC2CC2)cc1CN(C)CCOCC1CC1. The number of hydrogen-bond donors (Lipinski definition) is 1. The second kappa shape index (κ2) is 6.95. The fourth-order valence-corrected chi connectivity index (χ4v) is 2.49. The summed E-state index contributed by atoms with van der Waals surface area (Å²) >= 11 is 0. The molecule has 1 aromatic rings. The van der Waals surface area contributed by atoms with Crippen LogP contribution >= 0.6 is 0 Å². The van der Waals surface area contributed by atoms with E-state index < -0.39 is 0 Å². The lowest BCUT2D eigenvalue weighted by Gasteiger charge is -2.16. The summed E-state index contributed by atoms with van der Waals surface area (Å²) in [7, 11) is 2.15. The molecular weight excluding hydrogens is 264 g/mol. The molecule has 2 saturated carbocycles. The van der Waals surface area contributed by atoms with Gasteiger partial charge in [0.05, 0.1) is 13.2 Å². The monoisotopic (exact) mass is 292 g/mol. The highest BCUT2D eigenvalue weighted by Gasteiger charge is 2.21. The van der Waals surface area contributed by atoms with Crippen molar-refractivity contribution in [3.63, 3.8) is 0 Å². The maximum Gasteiger partial charge on any atom is 0.118 e. The molecule has 0 aliphatic heterocycles. The Morgan fingerprint density at radius 2 is 2.14 bits per heavy atom. The normalized spacial score (nSPS) is 18.6. The van der Waals surface area contributed by atoms with E-state index in [4.69, 9.17) is 9.15 Å². The number of aryl methyl sites for hydroxylation is 1. The zero-order chi connectivity index (χ0) is 14.7. The van der Waals surface area contributed by atoms with Gasteiger partial charge in [-0.3, -0.25) is 4.90 Å². The molecule has 4 heteroatoms. The number of ether oxygens (including phenoxy) is 1. The fraction of sp³-hybridized carbons (Fsp3) is 0.765.